The summed E-state index contributed by atoms with van der Waals surface area (Å²) in [5.41, 5.74) is 2.17. The van der Waals surface area contributed by atoms with Crippen molar-refractivity contribution < 1.29 is 4.79 Å². The van der Waals surface area contributed by atoms with Crippen LogP contribution in [0.15, 0.2) is 30.5 Å². The number of hydrogen-bond donors (Lipinski definition) is 1. The summed E-state index contributed by atoms with van der Waals surface area (Å²) in [5.74, 6) is 0.200. The van der Waals surface area contributed by atoms with E-state index in [1.165, 1.54) is 5.39 Å². The lowest BCUT2D eigenvalue weighted by Crippen LogP contribution is -1.95. The molecule has 0 aliphatic heterocycles. The highest BCUT2D eigenvalue weighted by atomic mass is 16.1. The van der Waals surface area contributed by atoms with Gasteiger partial charge in [0, 0.05) is 18.1 Å². The van der Waals surface area contributed by atoms with Gasteiger partial charge in [0.1, 0.15) is 5.78 Å². The second-order valence-corrected chi connectivity index (χ2v) is 3.28. The first-order chi connectivity index (χ1) is 6.25. The Morgan fingerprint density at radius 3 is 3.00 bits per heavy atom. The number of rotatable bonds is 2. The van der Waals surface area contributed by atoms with Crippen LogP contribution in [0.4, 0.5) is 0 Å². The van der Waals surface area contributed by atoms with E-state index >= 15 is 0 Å². The number of hydrogen-bond acceptors (Lipinski definition) is 1. The van der Waals surface area contributed by atoms with E-state index in [2.05, 4.69) is 4.98 Å². The fraction of sp³-hybridized carbons (Fsp3) is 0.182. The van der Waals surface area contributed by atoms with Gasteiger partial charge in [-0.2, -0.15) is 0 Å². The lowest BCUT2D eigenvalue weighted by atomic mass is 10.1. The Bertz CT molecular complexity index is 442. The van der Waals surface area contributed by atoms with Crippen LogP contribution in [0.3, 0.4) is 0 Å². The molecule has 0 unspecified atom stereocenters. The Labute approximate surface area is 76.6 Å². The number of aromatic nitrogens is 1. The zero-order valence-corrected chi connectivity index (χ0v) is 7.50. The molecule has 0 atom stereocenters. The van der Waals surface area contributed by atoms with E-state index < -0.39 is 0 Å². The first-order valence-corrected chi connectivity index (χ1v) is 4.31. The average molecular weight is 173 g/mol. The average Bonchev–Trinajstić information content (AvgIpc) is 2.49. The molecule has 2 heteroatoms. The Hall–Kier alpha value is -1.57. The fourth-order valence-electron chi connectivity index (χ4n) is 1.49. The van der Waals surface area contributed by atoms with Crippen LogP contribution >= 0.6 is 0 Å². The maximum Gasteiger partial charge on any atom is 0.134 e. The van der Waals surface area contributed by atoms with Crippen molar-refractivity contribution in [1.82, 2.24) is 4.98 Å². The van der Waals surface area contributed by atoms with Crippen molar-refractivity contribution >= 4 is 16.7 Å². The number of ketones is 1. The van der Waals surface area contributed by atoms with Crippen molar-refractivity contribution in [3.8, 4) is 0 Å². The van der Waals surface area contributed by atoms with Gasteiger partial charge in [0.05, 0.1) is 0 Å². The van der Waals surface area contributed by atoms with Crippen LogP contribution in [-0.2, 0) is 11.2 Å². The summed E-state index contributed by atoms with van der Waals surface area (Å²) in [7, 11) is 0. The molecular weight excluding hydrogens is 162 g/mol. The molecule has 2 nitrogen and oxygen atoms in total. The molecule has 0 aliphatic rings. The van der Waals surface area contributed by atoms with E-state index in [0.717, 1.165) is 11.1 Å². The van der Waals surface area contributed by atoms with Crippen molar-refractivity contribution in [1.29, 1.82) is 0 Å². The lowest BCUT2D eigenvalue weighted by molar-refractivity contribution is -0.116. The molecule has 0 bridgehead atoms. The molecule has 2 aromatic rings. The molecule has 1 aromatic heterocycles. The van der Waals surface area contributed by atoms with Crippen molar-refractivity contribution in [3.05, 3.63) is 36.0 Å². The number of nitrogens with one attached hydrogen (secondary N) is 1. The highest BCUT2D eigenvalue weighted by molar-refractivity contribution is 5.83. The SMILES string of the molecule is CC(=O)Cc1ccc2cc[nH]c2c1. The van der Waals surface area contributed by atoms with Crippen molar-refractivity contribution in [3.63, 3.8) is 0 Å². The topological polar surface area (TPSA) is 32.9 Å². The second-order valence-electron chi connectivity index (χ2n) is 3.28. The number of aromatic amines is 1. The van der Waals surface area contributed by atoms with Crippen molar-refractivity contribution in [2.24, 2.45) is 0 Å². The molecule has 0 saturated carbocycles. The maximum atomic E-state index is 10.9. The minimum Gasteiger partial charge on any atom is -0.361 e. The van der Waals surface area contributed by atoms with Gasteiger partial charge in [0.15, 0.2) is 0 Å². The zero-order chi connectivity index (χ0) is 9.26. The summed E-state index contributed by atoms with van der Waals surface area (Å²) in [4.78, 5) is 14.0. The van der Waals surface area contributed by atoms with Crippen LogP contribution in [-0.4, -0.2) is 10.8 Å². The quantitative estimate of drug-likeness (QED) is 0.742. The standard InChI is InChI=1S/C11H11NO/c1-8(13)6-9-2-3-10-4-5-12-11(10)7-9/h2-5,7,12H,6H2,1H3. The number of fused-ring (bicyclic) bond motifs is 1. The van der Waals surface area contributed by atoms with E-state index in [9.17, 15) is 4.79 Å². The summed E-state index contributed by atoms with van der Waals surface area (Å²) >= 11 is 0. The molecule has 0 aliphatic carbocycles. The smallest absolute Gasteiger partial charge is 0.134 e. The summed E-state index contributed by atoms with van der Waals surface area (Å²) in [5, 5.41) is 1.19. The van der Waals surface area contributed by atoms with Gasteiger partial charge in [-0.15, -0.1) is 0 Å². The van der Waals surface area contributed by atoms with Gasteiger partial charge in [0.25, 0.3) is 0 Å². The third kappa shape index (κ3) is 1.61. The Morgan fingerprint density at radius 2 is 2.23 bits per heavy atom. The molecule has 1 N–H and O–H groups in total. The summed E-state index contributed by atoms with van der Waals surface area (Å²) in [6, 6.07) is 8.07. The van der Waals surface area contributed by atoms with E-state index in [0.29, 0.717) is 6.42 Å². The van der Waals surface area contributed by atoms with E-state index in [4.69, 9.17) is 0 Å². The van der Waals surface area contributed by atoms with Crippen LogP contribution in [0, 0.1) is 0 Å². The lowest BCUT2D eigenvalue weighted by Gasteiger charge is -1.97. The largest absolute Gasteiger partial charge is 0.361 e. The van der Waals surface area contributed by atoms with E-state index in [1.807, 2.05) is 30.5 Å². The molecule has 0 fully saturated rings. The minimum absolute atomic E-state index is 0.200. The molecule has 0 saturated heterocycles. The molecule has 2 rings (SSSR count). The van der Waals surface area contributed by atoms with Gasteiger partial charge in [0.2, 0.25) is 0 Å². The summed E-state index contributed by atoms with van der Waals surface area (Å²) in [6.45, 7) is 1.61. The summed E-state index contributed by atoms with van der Waals surface area (Å²) < 4.78 is 0. The molecule has 13 heavy (non-hydrogen) atoms. The van der Waals surface area contributed by atoms with Gasteiger partial charge < -0.3 is 4.98 Å². The van der Waals surface area contributed by atoms with Crippen LogP contribution in [0.25, 0.3) is 10.9 Å². The number of benzene rings is 1. The highest BCUT2D eigenvalue weighted by Crippen LogP contribution is 2.14. The third-order valence-electron chi connectivity index (χ3n) is 2.07. The Kier molecular flexibility index (Phi) is 1.89. The minimum atomic E-state index is 0.200. The molecule has 0 spiro atoms. The predicted molar refractivity (Wildman–Crippen MR) is 52.7 cm³/mol. The van der Waals surface area contributed by atoms with Gasteiger partial charge in [-0.3, -0.25) is 4.79 Å². The number of carbonyl (C=O) groups excluding carboxylic acids is 1. The first kappa shape index (κ1) is 8.05. The number of H-pyrrole nitrogens is 1. The molecule has 0 amide bonds. The summed E-state index contributed by atoms with van der Waals surface area (Å²) in [6.07, 6.45) is 2.43. The first-order valence-electron chi connectivity index (χ1n) is 4.31. The van der Waals surface area contributed by atoms with E-state index in [-0.39, 0.29) is 5.78 Å². The monoisotopic (exact) mass is 173 g/mol. The normalized spacial score (nSPS) is 10.5. The van der Waals surface area contributed by atoms with Crippen LogP contribution in [0.5, 0.6) is 0 Å². The van der Waals surface area contributed by atoms with Gasteiger partial charge in [-0.25, -0.2) is 0 Å². The molecule has 1 aromatic carbocycles. The van der Waals surface area contributed by atoms with Gasteiger partial charge in [-0.1, -0.05) is 12.1 Å². The fourth-order valence-corrected chi connectivity index (χ4v) is 1.49. The molecular formula is C11H11NO. The van der Waals surface area contributed by atoms with Crippen LogP contribution in [0.2, 0.25) is 0 Å². The van der Waals surface area contributed by atoms with Gasteiger partial charge >= 0.3 is 0 Å². The zero-order valence-electron chi connectivity index (χ0n) is 7.50. The van der Waals surface area contributed by atoms with Crippen LogP contribution < -0.4 is 0 Å². The predicted octanol–water partition coefficient (Wildman–Crippen LogP) is 2.30. The van der Waals surface area contributed by atoms with Gasteiger partial charge in [-0.05, 0) is 30.0 Å². The number of carbonyl (C=O) groups is 1. The Morgan fingerprint density at radius 1 is 1.38 bits per heavy atom. The van der Waals surface area contributed by atoms with Crippen LogP contribution in [0.1, 0.15) is 12.5 Å². The second kappa shape index (κ2) is 3.05. The van der Waals surface area contributed by atoms with Crippen molar-refractivity contribution in [2.75, 3.05) is 0 Å². The van der Waals surface area contributed by atoms with E-state index in [1.54, 1.807) is 6.92 Å². The van der Waals surface area contributed by atoms with Crippen molar-refractivity contribution in [2.45, 2.75) is 13.3 Å². The Balaban J connectivity index is 2.42. The molecule has 1 heterocycles. The number of Topliss-reactive ketones (excluding diaryl/α,β-unsaturated/α-hetero) is 1. The molecule has 66 valence electrons. The third-order valence-corrected chi connectivity index (χ3v) is 2.07. The molecule has 0 radical (unpaired) electrons. The highest BCUT2D eigenvalue weighted by Gasteiger charge is 1.99. The maximum absolute atomic E-state index is 10.9.